The van der Waals surface area contributed by atoms with Gasteiger partial charge in [-0.15, -0.1) is 5.10 Å². The third-order valence-corrected chi connectivity index (χ3v) is 11.6. The first-order chi connectivity index (χ1) is 24.0. The topological polar surface area (TPSA) is 132 Å². The molecule has 3 saturated heterocycles. The zero-order chi connectivity index (χ0) is 35.4. The molecule has 3 fully saturated rings. The lowest BCUT2D eigenvalue weighted by molar-refractivity contribution is -0.145. The normalized spacial score (nSPS) is 21.7. The number of carboxylic acids is 1. The molecule has 3 aromatic rings. The molecule has 0 radical (unpaired) electrons. The van der Waals surface area contributed by atoms with E-state index in [1.807, 2.05) is 70.2 Å². The van der Waals surface area contributed by atoms with Crippen molar-refractivity contribution in [1.82, 2.24) is 29.5 Å². The number of aromatic nitrogens is 3. The molecule has 3 unspecified atom stereocenters. The summed E-state index contributed by atoms with van der Waals surface area (Å²) in [6.45, 7) is 7.44. The van der Waals surface area contributed by atoms with E-state index in [1.54, 1.807) is 0 Å². The Balaban J connectivity index is 1.09. The lowest BCUT2D eigenvalue weighted by Crippen LogP contribution is -2.50. The maximum absolute atomic E-state index is 14.3. The minimum Gasteiger partial charge on any atom is -0.480 e. The van der Waals surface area contributed by atoms with Crippen LogP contribution in [0.5, 0.6) is 0 Å². The first kappa shape index (κ1) is 35.9. The molecule has 1 aromatic heterocycles. The highest BCUT2D eigenvalue weighted by molar-refractivity contribution is 6.31. The number of amides is 2. The number of aliphatic carboxylic acids is 1. The number of nitrogens with one attached hydrogen (secondary N) is 1. The molecule has 268 valence electrons. The van der Waals surface area contributed by atoms with Gasteiger partial charge in [-0.25, -0.2) is 9.48 Å². The molecular weight excluding hydrogens is 656 g/mol. The number of nitrogens with zero attached hydrogens (tertiary/aromatic N) is 5. The number of rotatable bonds is 10. The molecule has 4 heterocycles. The third kappa shape index (κ3) is 8.49. The van der Waals surface area contributed by atoms with E-state index in [0.29, 0.717) is 61.6 Å². The van der Waals surface area contributed by atoms with Gasteiger partial charge in [-0.05, 0) is 101 Å². The van der Waals surface area contributed by atoms with Crippen LogP contribution in [0, 0.1) is 24.7 Å². The van der Waals surface area contributed by atoms with Crippen molar-refractivity contribution >= 4 is 29.4 Å². The number of H-pyrrole nitrogens is 1. The fourth-order valence-electron chi connectivity index (χ4n) is 8.35. The van der Waals surface area contributed by atoms with Gasteiger partial charge in [-0.2, -0.15) is 0 Å². The molecule has 0 saturated carbocycles. The van der Waals surface area contributed by atoms with Gasteiger partial charge in [0.1, 0.15) is 0 Å². The van der Waals surface area contributed by atoms with E-state index in [-0.39, 0.29) is 42.6 Å². The highest BCUT2D eigenvalue weighted by Crippen LogP contribution is 2.36. The van der Waals surface area contributed by atoms with Crippen molar-refractivity contribution in [1.29, 1.82) is 0 Å². The number of hydrogen-bond donors (Lipinski definition) is 2. The monoisotopic (exact) mass is 704 g/mol. The summed E-state index contributed by atoms with van der Waals surface area (Å²) in [4.78, 5) is 60.8. The van der Waals surface area contributed by atoms with E-state index in [2.05, 4.69) is 17.0 Å². The summed E-state index contributed by atoms with van der Waals surface area (Å²) in [7, 11) is 0. The van der Waals surface area contributed by atoms with Crippen molar-refractivity contribution in [3.63, 3.8) is 0 Å². The zero-order valence-electron chi connectivity index (χ0n) is 29.1. The number of benzene rings is 2. The molecule has 0 spiro atoms. The SMILES string of the molecule is Cc1cc(CC(CC(=O)N2CCC(n3nc(-c4ccccc4)[nH]c3=O)CC2)C(=O)N2CCC(C3CCN(CC(=O)O)CC3)CC2C)ccc1Cl. The second kappa shape index (κ2) is 15.9. The summed E-state index contributed by atoms with van der Waals surface area (Å²) in [5, 5.41) is 14.4. The molecule has 6 rings (SSSR count). The van der Waals surface area contributed by atoms with Gasteiger partial charge in [0.15, 0.2) is 5.82 Å². The van der Waals surface area contributed by atoms with Crippen molar-refractivity contribution in [3.8, 4) is 11.4 Å². The summed E-state index contributed by atoms with van der Waals surface area (Å²) in [5.41, 5.74) is 2.52. The van der Waals surface area contributed by atoms with E-state index in [1.165, 1.54) is 4.68 Å². The molecule has 2 aromatic carbocycles. The first-order valence-corrected chi connectivity index (χ1v) is 18.4. The van der Waals surface area contributed by atoms with Crippen LogP contribution < -0.4 is 5.69 Å². The Kier molecular flexibility index (Phi) is 11.4. The van der Waals surface area contributed by atoms with Crippen molar-refractivity contribution in [2.24, 2.45) is 17.8 Å². The maximum Gasteiger partial charge on any atom is 0.343 e. The molecule has 3 aliphatic rings. The van der Waals surface area contributed by atoms with Crippen LogP contribution in [0.2, 0.25) is 5.02 Å². The quantitative estimate of drug-likeness (QED) is 0.303. The number of aryl methyl sites for hydroxylation is 1. The summed E-state index contributed by atoms with van der Waals surface area (Å²) in [5.74, 6) is 0.293. The number of aromatic amines is 1. The molecule has 0 aliphatic carbocycles. The molecule has 2 N–H and O–H groups in total. The molecule has 50 heavy (non-hydrogen) atoms. The second-order valence-electron chi connectivity index (χ2n) is 14.6. The average Bonchev–Trinajstić information content (AvgIpc) is 3.51. The number of piperidine rings is 3. The molecular formula is C38H49ClN6O5. The molecule has 2 amide bonds. The van der Waals surface area contributed by atoms with Crippen molar-refractivity contribution in [3.05, 3.63) is 75.2 Å². The van der Waals surface area contributed by atoms with Gasteiger partial charge >= 0.3 is 11.7 Å². The van der Waals surface area contributed by atoms with Crippen molar-refractivity contribution in [2.75, 3.05) is 39.3 Å². The maximum atomic E-state index is 14.3. The summed E-state index contributed by atoms with van der Waals surface area (Å²) < 4.78 is 1.52. The van der Waals surface area contributed by atoms with Crippen LogP contribution in [0.1, 0.15) is 69.0 Å². The lowest BCUT2D eigenvalue weighted by atomic mass is 9.76. The van der Waals surface area contributed by atoms with E-state index < -0.39 is 11.9 Å². The lowest BCUT2D eigenvalue weighted by Gasteiger charge is -2.44. The Morgan fingerprint density at radius 3 is 2.32 bits per heavy atom. The fourth-order valence-corrected chi connectivity index (χ4v) is 8.46. The van der Waals surface area contributed by atoms with Gasteiger partial charge in [0.2, 0.25) is 11.8 Å². The van der Waals surface area contributed by atoms with E-state index >= 15 is 0 Å². The molecule has 0 bridgehead atoms. The molecule has 3 atom stereocenters. The van der Waals surface area contributed by atoms with Crippen LogP contribution in [-0.2, 0) is 20.8 Å². The first-order valence-electron chi connectivity index (χ1n) is 18.1. The second-order valence-corrected chi connectivity index (χ2v) is 15.0. The van der Waals surface area contributed by atoms with E-state index in [9.17, 15) is 19.2 Å². The highest BCUT2D eigenvalue weighted by Gasteiger charge is 2.38. The van der Waals surface area contributed by atoms with Gasteiger partial charge in [-0.3, -0.25) is 24.3 Å². The van der Waals surface area contributed by atoms with Gasteiger partial charge in [0.05, 0.1) is 18.5 Å². The summed E-state index contributed by atoms with van der Waals surface area (Å²) in [6, 6.07) is 15.3. The molecule has 11 nitrogen and oxygen atoms in total. The number of likely N-dealkylation sites (tertiary alicyclic amines) is 3. The third-order valence-electron chi connectivity index (χ3n) is 11.2. The predicted molar refractivity (Wildman–Crippen MR) is 192 cm³/mol. The van der Waals surface area contributed by atoms with Crippen molar-refractivity contribution in [2.45, 2.75) is 77.3 Å². The number of carboxylic acid groups (broad SMARTS) is 1. The zero-order valence-corrected chi connectivity index (χ0v) is 29.9. The minimum atomic E-state index is -0.779. The Bertz CT molecular complexity index is 1710. The largest absolute Gasteiger partial charge is 0.480 e. The smallest absolute Gasteiger partial charge is 0.343 e. The molecule has 12 heteroatoms. The van der Waals surface area contributed by atoms with E-state index in [0.717, 1.165) is 55.5 Å². The van der Waals surface area contributed by atoms with Gasteiger partial charge in [-0.1, -0.05) is 54.1 Å². The number of carbonyl (C=O) groups excluding carboxylic acids is 2. The van der Waals surface area contributed by atoms with Crippen LogP contribution >= 0.6 is 11.6 Å². The van der Waals surface area contributed by atoms with Crippen LogP contribution in [-0.4, -0.2) is 97.7 Å². The fraction of sp³-hybridized carbons (Fsp3) is 0.553. The van der Waals surface area contributed by atoms with E-state index in [4.69, 9.17) is 16.7 Å². The Labute approximate surface area is 298 Å². The Morgan fingerprint density at radius 2 is 1.66 bits per heavy atom. The van der Waals surface area contributed by atoms with Gasteiger partial charge < -0.3 is 14.9 Å². The van der Waals surface area contributed by atoms with Crippen molar-refractivity contribution < 1.29 is 19.5 Å². The highest BCUT2D eigenvalue weighted by atomic mass is 35.5. The van der Waals surface area contributed by atoms with Gasteiger partial charge in [0, 0.05) is 42.7 Å². The number of carbonyl (C=O) groups is 3. The molecule has 3 aliphatic heterocycles. The summed E-state index contributed by atoms with van der Waals surface area (Å²) >= 11 is 6.32. The van der Waals surface area contributed by atoms with Crippen LogP contribution in [0.3, 0.4) is 0 Å². The Hall–Kier alpha value is -3.96. The Morgan fingerprint density at radius 1 is 0.960 bits per heavy atom. The van der Waals surface area contributed by atoms with Crippen LogP contribution in [0.4, 0.5) is 0 Å². The standard InChI is InChI=1S/C38H49ClN6O5/c1-25-20-27(8-9-33(25)39)22-31(37(49)44-19-12-30(21-26(44)2)28-10-15-42(16-11-28)24-35(47)48)23-34(46)43-17-13-32(14-18-43)45-38(50)40-36(41-45)29-6-4-3-5-7-29/h3-9,20,26,28,30-32H,10-19,21-24H2,1-2H3,(H,47,48)(H,40,41,50). The van der Waals surface area contributed by atoms with Gasteiger partial charge in [0.25, 0.3) is 0 Å². The summed E-state index contributed by atoms with van der Waals surface area (Å²) in [6.07, 6.45) is 5.63. The average molecular weight is 705 g/mol. The predicted octanol–water partition coefficient (Wildman–Crippen LogP) is 5.04. The van der Waals surface area contributed by atoms with Crippen LogP contribution in [0.25, 0.3) is 11.4 Å². The number of halogens is 1. The number of hydrogen-bond acceptors (Lipinski definition) is 6. The van der Waals surface area contributed by atoms with Crippen LogP contribution in [0.15, 0.2) is 53.3 Å². The minimum absolute atomic E-state index is 0.0274.